The van der Waals surface area contributed by atoms with E-state index in [9.17, 15) is 9.59 Å². The molecule has 0 saturated carbocycles. The summed E-state index contributed by atoms with van der Waals surface area (Å²) in [6.45, 7) is 6.11. The summed E-state index contributed by atoms with van der Waals surface area (Å²) in [7, 11) is 4.65. The Balaban J connectivity index is 1.79. The van der Waals surface area contributed by atoms with Crippen LogP contribution in [-0.4, -0.2) is 75.7 Å². The van der Waals surface area contributed by atoms with E-state index in [1.165, 1.54) is 12.0 Å². The first-order valence-corrected chi connectivity index (χ1v) is 11.0. The maximum atomic E-state index is 13.8. The Bertz CT molecular complexity index is 1070. The molecule has 0 N–H and O–H groups in total. The van der Waals surface area contributed by atoms with Crippen LogP contribution in [0.5, 0.6) is 17.2 Å². The second-order valence-electron chi connectivity index (χ2n) is 7.86. The summed E-state index contributed by atoms with van der Waals surface area (Å²) in [4.78, 5) is 33.1. The second-order valence-corrected chi connectivity index (χ2v) is 7.86. The number of hydrogen-bond acceptors (Lipinski definition) is 7. The highest BCUT2D eigenvalue weighted by molar-refractivity contribution is 6.45. The van der Waals surface area contributed by atoms with Gasteiger partial charge in [0.05, 0.1) is 32.6 Å². The van der Waals surface area contributed by atoms with Crippen LogP contribution in [0.15, 0.2) is 48.2 Å². The summed E-state index contributed by atoms with van der Waals surface area (Å²) >= 11 is 0. The van der Waals surface area contributed by atoms with Crippen LogP contribution >= 0.6 is 0 Å². The van der Waals surface area contributed by atoms with Gasteiger partial charge in [0.15, 0.2) is 0 Å². The summed E-state index contributed by atoms with van der Waals surface area (Å²) in [5.41, 5.74) is 1.89. The number of likely N-dealkylation sites (N-methyl/N-ethyl adjacent to an activating group) is 1. The highest BCUT2D eigenvalue weighted by Crippen LogP contribution is 2.40. The number of amides is 2. The number of anilines is 1. The van der Waals surface area contributed by atoms with Crippen molar-refractivity contribution in [1.29, 1.82) is 0 Å². The van der Waals surface area contributed by atoms with E-state index in [0.29, 0.717) is 52.9 Å². The number of carbonyl (C=O) groups excluding carboxylic acids is 2. The number of methoxy groups -OCH3 is 3. The monoisotopic (exact) mass is 451 g/mol. The lowest BCUT2D eigenvalue weighted by molar-refractivity contribution is -0.120. The number of piperazine rings is 1. The van der Waals surface area contributed by atoms with Crippen molar-refractivity contribution in [3.8, 4) is 17.2 Å². The molecule has 0 aliphatic carbocycles. The first-order chi connectivity index (χ1) is 16.0. The Kier molecular flexibility index (Phi) is 6.55. The third-order valence-corrected chi connectivity index (χ3v) is 6.20. The van der Waals surface area contributed by atoms with Gasteiger partial charge in [0.1, 0.15) is 22.9 Å². The van der Waals surface area contributed by atoms with Crippen molar-refractivity contribution >= 4 is 23.1 Å². The molecule has 0 bridgehead atoms. The van der Waals surface area contributed by atoms with Gasteiger partial charge in [0, 0.05) is 32.2 Å². The predicted molar refractivity (Wildman–Crippen MR) is 126 cm³/mol. The quantitative estimate of drug-likeness (QED) is 0.600. The number of rotatable bonds is 7. The number of nitrogens with zero attached hydrogens (tertiary/aromatic N) is 3. The van der Waals surface area contributed by atoms with Gasteiger partial charge in [-0.15, -0.1) is 0 Å². The van der Waals surface area contributed by atoms with Crippen LogP contribution in [0.3, 0.4) is 0 Å². The summed E-state index contributed by atoms with van der Waals surface area (Å²) in [6, 6.07) is 12.3. The Morgan fingerprint density at radius 2 is 1.42 bits per heavy atom. The van der Waals surface area contributed by atoms with E-state index in [0.717, 1.165) is 19.6 Å². The highest BCUT2D eigenvalue weighted by atomic mass is 16.5. The number of carbonyl (C=O) groups is 2. The van der Waals surface area contributed by atoms with Crippen molar-refractivity contribution < 1.29 is 23.8 Å². The van der Waals surface area contributed by atoms with Crippen molar-refractivity contribution in [1.82, 2.24) is 9.80 Å². The summed E-state index contributed by atoms with van der Waals surface area (Å²) in [5.74, 6) is 0.930. The standard InChI is InChI=1S/C25H29N3O5/c1-5-26-12-14-27(15-13-26)23-22(17-6-8-18(31-2)9-7-17)24(29)28(25(23)30)20-11-10-19(32-3)16-21(20)33-4/h6-11,16H,5,12-15H2,1-4H3. The van der Waals surface area contributed by atoms with E-state index in [-0.39, 0.29) is 11.8 Å². The van der Waals surface area contributed by atoms with Crippen molar-refractivity contribution in [3.05, 3.63) is 53.7 Å². The fourth-order valence-electron chi connectivity index (χ4n) is 4.31. The Labute approximate surface area is 193 Å². The Morgan fingerprint density at radius 1 is 0.788 bits per heavy atom. The predicted octanol–water partition coefficient (Wildman–Crippen LogP) is 2.63. The molecule has 2 aromatic rings. The van der Waals surface area contributed by atoms with E-state index in [1.54, 1.807) is 44.6 Å². The fraction of sp³-hybridized carbons (Fsp3) is 0.360. The molecule has 2 aliphatic heterocycles. The maximum absolute atomic E-state index is 13.8. The Hall–Kier alpha value is -3.52. The van der Waals surface area contributed by atoms with Gasteiger partial charge in [-0.05, 0) is 36.4 Å². The molecule has 2 amide bonds. The minimum atomic E-state index is -0.374. The zero-order valence-corrected chi connectivity index (χ0v) is 19.5. The second kappa shape index (κ2) is 9.54. The lowest BCUT2D eigenvalue weighted by atomic mass is 10.0. The van der Waals surface area contributed by atoms with Gasteiger partial charge in [-0.2, -0.15) is 0 Å². The van der Waals surface area contributed by atoms with Crippen molar-refractivity contribution in [2.75, 3.05) is 59.0 Å². The number of imide groups is 1. The molecule has 8 nitrogen and oxygen atoms in total. The van der Waals surface area contributed by atoms with Gasteiger partial charge in [-0.1, -0.05) is 19.1 Å². The van der Waals surface area contributed by atoms with E-state index >= 15 is 0 Å². The molecule has 2 heterocycles. The van der Waals surface area contributed by atoms with Crippen molar-refractivity contribution in [2.45, 2.75) is 6.92 Å². The molecule has 0 radical (unpaired) electrons. The van der Waals surface area contributed by atoms with Crippen LogP contribution in [-0.2, 0) is 9.59 Å². The lowest BCUT2D eigenvalue weighted by Crippen LogP contribution is -2.47. The minimum Gasteiger partial charge on any atom is -0.497 e. The zero-order valence-electron chi connectivity index (χ0n) is 19.5. The topological polar surface area (TPSA) is 71.6 Å². The van der Waals surface area contributed by atoms with Crippen LogP contribution in [0, 0.1) is 0 Å². The van der Waals surface area contributed by atoms with Crippen LogP contribution in [0.25, 0.3) is 5.57 Å². The molecular formula is C25H29N3O5. The summed E-state index contributed by atoms with van der Waals surface area (Å²) in [5, 5.41) is 0. The number of benzene rings is 2. The van der Waals surface area contributed by atoms with Crippen LogP contribution in [0.2, 0.25) is 0 Å². The van der Waals surface area contributed by atoms with Crippen molar-refractivity contribution in [3.63, 3.8) is 0 Å². The first kappa shape index (κ1) is 22.7. The first-order valence-electron chi connectivity index (χ1n) is 11.0. The number of hydrogen-bond donors (Lipinski definition) is 0. The lowest BCUT2D eigenvalue weighted by Gasteiger charge is -2.36. The normalized spacial score (nSPS) is 17.1. The van der Waals surface area contributed by atoms with Gasteiger partial charge in [-0.25, -0.2) is 4.90 Å². The molecule has 0 spiro atoms. The molecule has 4 rings (SSSR count). The highest BCUT2D eigenvalue weighted by Gasteiger charge is 2.44. The van der Waals surface area contributed by atoms with E-state index in [1.807, 2.05) is 17.0 Å². The van der Waals surface area contributed by atoms with E-state index in [4.69, 9.17) is 14.2 Å². The molecule has 174 valence electrons. The smallest absolute Gasteiger partial charge is 0.282 e. The van der Waals surface area contributed by atoms with Crippen LogP contribution < -0.4 is 19.1 Å². The molecule has 1 fully saturated rings. The summed E-state index contributed by atoms with van der Waals surface area (Å²) < 4.78 is 16.0. The summed E-state index contributed by atoms with van der Waals surface area (Å²) in [6.07, 6.45) is 0. The molecule has 0 unspecified atom stereocenters. The van der Waals surface area contributed by atoms with E-state index in [2.05, 4.69) is 11.8 Å². The van der Waals surface area contributed by atoms with Gasteiger partial charge in [0.25, 0.3) is 11.8 Å². The van der Waals surface area contributed by atoms with Gasteiger partial charge in [0.2, 0.25) is 0 Å². The molecular weight excluding hydrogens is 422 g/mol. The molecule has 33 heavy (non-hydrogen) atoms. The molecule has 2 aliphatic rings. The van der Waals surface area contributed by atoms with Crippen LogP contribution in [0.1, 0.15) is 12.5 Å². The fourth-order valence-corrected chi connectivity index (χ4v) is 4.31. The minimum absolute atomic E-state index is 0.348. The zero-order chi connectivity index (χ0) is 23.5. The number of ether oxygens (including phenoxy) is 3. The Morgan fingerprint density at radius 3 is 2.00 bits per heavy atom. The molecule has 0 atom stereocenters. The third kappa shape index (κ3) is 4.14. The molecule has 8 heteroatoms. The SMILES string of the molecule is CCN1CCN(C2=C(c3ccc(OC)cc3)C(=O)N(c3ccc(OC)cc3OC)C2=O)CC1. The van der Waals surface area contributed by atoms with Gasteiger partial charge < -0.3 is 24.0 Å². The van der Waals surface area contributed by atoms with Gasteiger partial charge >= 0.3 is 0 Å². The van der Waals surface area contributed by atoms with E-state index < -0.39 is 0 Å². The average molecular weight is 452 g/mol. The third-order valence-electron chi connectivity index (χ3n) is 6.20. The van der Waals surface area contributed by atoms with Crippen molar-refractivity contribution in [2.24, 2.45) is 0 Å². The van der Waals surface area contributed by atoms with Crippen LogP contribution in [0.4, 0.5) is 5.69 Å². The van der Waals surface area contributed by atoms with Gasteiger partial charge in [-0.3, -0.25) is 9.59 Å². The molecule has 2 aromatic carbocycles. The largest absolute Gasteiger partial charge is 0.497 e. The molecule has 1 saturated heterocycles. The maximum Gasteiger partial charge on any atom is 0.282 e. The average Bonchev–Trinajstić information content (AvgIpc) is 3.13. The molecule has 0 aromatic heterocycles.